The highest BCUT2D eigenvalue weighted by atomic mass is 19.1. The van der Waals surface area contributed by atoms with Crippen LogP contribution in [-0.2, 0) is 9.59 Å². The summed E-state index contributed by atoms with van der Waals surface area (Å²) in [5.41, 5.74) is 4.39. The van der Waals surface area contributed by atoms with Crippen molar-refractivity contribution in [1.82, 2.24) is 4.90 Å². The molecule has 0 atom stereocenters. The maximum Gasteiger partial charge on any atom is 0.323 e. The van der Waals surface area contributed by atoms with Gasteiger partial charge in [0, 0.05) is 6.07 Å². The molecule has 20 heavy (non-hydrogen) atoms. The van der Waals surface area contributed by atoms with Crippen molar-refractivity contribution in [2.24, 2.45) is 5.73 Å². The number of aryl methyl sites for hydroxylation is 1. The van der Waals surface area contributed by atoms with Gasteiger partial charge in [0.2, 0.25) is 5.91 Å². The molecule has 0 unspecified atom stereocenters. The van der Waals surface area contributed by atoms with E-state index in [2.05, 4.69) is 0 Å². The number of nitrogens with two attached hydrogens (primary N) is 1. The number of halogens is 2. The normalized spacial score (nSPS) is 10.2. The molecule has 0 fully saturated rings. The van der Waals surface area contributed by atoms with Crippen molar-refractivity contribution >= 4 is 17.8 Å². The molecule has 0 bridgehead atoms. The fourth-order valence-electron chi connectivity index (χ4n) is 1.54. The van der Waals surface area contributed by atoms with Crippen LogP contribution in [0.25, 0.3) is 0 Å². The Hall–Kier alpha value is -2.51. The largest absolute Gasteiger partial charge is 0.480 e. The highest BCUT2D eigenvalue weighted by Crippen LogP contribution is 2.16. The van der Waals surface area contributed by atoms with Crippen LogP contribution in [0.2, 0.25) is 0 Å². The smallest absolute Gasteiger partial charge is 0.323 e. The zero-order valence-corrected chi connectivity index (χ0v) is 10.5. The average molecular weight is 286 g/mol. The summed E-state index contributed by atoms with van der Waals surface area (Å²) >= 11 is 0. The summed E-state index contributed by atoms with van der Waals surface area (Å²) in [6.45, 7) is -0.181. The van der Waals surface area contributed by atoms with E-state index in [-0.39, 0.29) is 5.56 Å². The first kappa shape index (κ1) is 15.5. The summed E-state index contributed by atoms with van der Waals surface area (Å²) < 4.78 is 26.7. The summed E-state index contributed by atoms with van der Waals surface area (Å²) in [5, 5.41) is 8.66. The van der Waals surface area contributed by atoms with Crippen LogP contribution >= 0.6 is 0 Å². The number of aliphatic carboxylic acids is 1. The van der Waals surface area contributed by atoms with Gasteiger partial charge in [-0.3, -0.25) is 14.4 Å². The van der Waals surface area contributed by atoms with Crippen LogP contribution in [0.3, 0.4) is 0 Å². The molecule has 0 aliphatic rings. The van der Waals surface area contributed by atoms with Gasteiger partial charge in [0.1, 0.15) is 24.7 Å². The first-order valence-electron chi connectivity index (χ1n) is 5.47. The SMILES string of the molecule is Cc1cc(C(=O)N(CC(N)=O)CC(=O)O)c(F)cc1F. The molecule has 0 aromatic heterocycles. The van der Waals surface area contributed by atoms with E-state index < -0.39 is 48.1 Å². The number of carbonyl (C=O) groups excluding carboxylic acids is 2. The van der Waals surface area contributed by atoms with E-state index in [4.69, 9.17) is 10.8 Å². The third kappa shape index (κ3) is 3.74. The molecule has 1 aromatic carbocycles. The lowest BCUT2D eigenvalue weighted by molar-refractivity contribution is -0.138. The molecule has 0 heterocycles. The first-order chi connectivity index (χ1) is 9.22. The van der Waals surface area contributed by atoms with E-state index >= 15 is 0 Å². The van der Waals surface area contributed by atoms with Gasteiger partial charge in [0.15, 0.2) is 0 Å². The number of amides is 2. The van der Waals surface area contributed by atoms with Crippen molar-refractivity contribution in [3.8, 4) is 0 Å². The van der Waals surface area contributed by atoms with Crippen molar-refractivity contribution in [3.05, 3.63) is 34.9 Å². The fraction of sp³-hybridized carbons (Fsp3) is 0.250. The van der Waals surface area contributed by atoms with Gasteiger partial charge in [-0.05, 0) is 18.6 Å². The zero-order valence-electron chi connectivity index (χ0n) is 10.5. The van der Waals surface area contributed by atoms with Crippen molar-refractivity contribution in [3.63, 3.8) is 0 Å². The number of hydrogen-bond acceptors (Lipinski definition) is 3. The second-order valence-electron chi connectivity index (χ2n) is 4.10. The molecule has 0 aliphatic heterocycles. The van der Waals surface area contributed by atoms with Crippen LogP contribution in [0.15, 0.2) is 12.1 Å². The van der Waals surface area contributed by atoms with Crippen LogP contribution in [0.1, 0.15) is 15.9 Å². The lowest BCUT2D eigenvalue weighted by Crippen LogP contribution is -2.41. The van der Waals surface area contributed by atoms with Gasteiger partial charge >= 0.3 is 5.97 Å². The van der Waals surface area contributed by atoms with E-state index in [0.29, 0.717) is 11.0 Å². The molecule has 0 aliphatic carbocycles. The lowest BCUT2D eigenvalue weighted by atomic mass is 10.1. The Morgan fingerprint density at radius 1 is 1.20 bits per heavy atom. The number of hydrogen-bond donors (Lipinski definition) is 2. The molecule has 3 N–H and O–H groups in total. The second kappa shape index (κ2) is 6.09. The molecule has 6 nitrogen and oxygen atoms in total. The molecule has 2 amide bonds. The Labute approximate surface area is 112 Å². The predicted molar refractivity (Wildman–Crippen MR) is 63.8 cm³/mol. The molecule has 108 valence electrons. The van der Waals surface area contributed by atoms with Gasteiger partial charge in [-0.15, -0.1) is 0 Å². The second-order valence-corrected chi connectivity index (χ2v) is 4.10. The Bertz CT molecular complexity index is 559. The lowest BCUT2D eigenvalue weighted by Gasteiger charge is -2.19. The number of nitrogens with zero attached hydrogens (tertiary/aromatic N) is 1. The molecule has 8 heteroatoms. The number of carboxylic acid groups (broad SMARTS) is 1. The number of primary amides is 1. The highest BCUT2D eigenvalue weighted by Gasteiger charge is 2.23. The van der Waals surface area contributed by atoms with Crippen LogP contribution in [0.5, 0.6) is 0 Å². The third-order valence-electron chi connectivity index (χ3n) is 2.44. The summed E-state index contributed by atoms with van der Waals surface area (Å²) in [4.78, 5) is 34.0. The number of carboxylic acids is 1. The minimum Gasteiger partial charge on any atom is -0.480 e. The molecular formula is C12H12F2N2O4. The van der Waals surface area contributed by atoms with Crippen LogP contribution in [0, 0.1) is 18.6 Å². The molecule has 0 spiro atoms. The maximum atomic E-state index is 13.6. The van der Waals surface area contributed by atoms with Gasteiger partial charge < -0.3 is 15.7 Å². The van der Waals surface area contributed by atoms with Gasteiger partial charge in [0.25, 0.3) is 5.91 Å². The molecule has 0 saturated carbocycles. The maximum absolute atomic E-state index is 13.6. The van der Waals surface area contributed by atoms with Crippen LogP contribution < -0.4 is 5.73 Å². The van der Waals surface area contributed by atoms with Crippen LogP contribution in [-0.4, -0.2) is 40.9 Å². The predicted octanol–water partition coefficient (Wildman–Crippen LogP) is 0.285. The van der Waals surface area contributed by atoms with E-state index in [0.717, 1.165) is 6.07 Å². The molecule has 1 aromatic rings. The highest BCUT2D eigenvalue weighted by molar-refractivity contribution is 5.98. The minimum absolute atomic E-state index is 0.0177. The summed E-state index contributed by atoms with van der Waals surface area (Å²) in [7, 11) is 0. The minimum atomic E-state index is -1.39. The van der Waals surface area contributed by atoms with Crippen molar-refractivity contribution in [2.45, 2.75) is 6.92 Å². The van der Waals surface area contributed by atoms with Crippen LogP contribution in [0.4, 0.5) is 8.78 Å². The monoisotopic (exact) mass is 286 g/mol. The average Bonchev–Trinajstić information content (AvgIpc) is 2.31. The number of carbonyl (C=O) groups is 3. The van der Waals surface area contributed by atoms with Gasteiger partial charge in [0.05, 0.1) is 5.56 Å². The molecule has 0 radical (unpaired) electrons. The first-order valence-corrected chi connectivity index (χ1v) is 5.47. The van der Waals surface area contributed by atoms with E-state index in [1.54, 1.807) is 0 Å². The number of rotatable bonds is 5. The van der Waals surface area contributed by atoms with E-state index in [1.807, 2.05) is 0 Å². The Kier molecular flexibility index (Phi) is 4.73. The summed E-state index contributed by atoms with van der Waals surface area (Å²) in [6.07, 6.45) is 0. The topological polar surface area (TPSA) is 101 Å². The van der Waals surface area contributed by atoms with E-state index in [1.165, 1.54) is 6.92 Å². The Balaban J connectivity index is 3.14. The van der Waals surface area contributed by atoms with Gasteiger partial charge in [-0.1, -0.05) is 0 Å². The van der Waals surface area contributed by atoms with Crippen molar-refractivity contribution in [2.75, 3.05) is 13.1 Å². The Morgan fingerprint density at radius 2 is 1.80 bits per heavy atom. The number of benzene rings is 1. The quantitative estimate of drug-likeness (QED) is 0.812. The fourth-order valence-corrected chi connectivity index (χ4v) is 1.54. The van der Waals surface area contributed by atoms with Gasteiger partial charge in [-0.25, -0.2) is 8.78 Å². The Morgan fingerprint density at radius 3 is 2.30 bits per heavy atom. The van der Waals surface area contributed by atoms with Gasteiger partial charge in [-0.2, -0.15) is 0 Å². The van der Waals surface area contributed by atoms with E-state index in [9.17, 15) is 23.2 Å². The molecule has 1 rings (SSSR count). The summed E-state index contributed by atoms with van der Waals surface area (Å²) in [6, 6.07) is 1.47. The third-order valence-corrected chi connectivity index (χ3v) is 2.44. The van der Waals surface area contributed by atoms with Crippen molar-refractivity contribution < 1.29 is 28.3 Å². The standard InChI is InChI=1S/C12H12F2N2O4/c1-6-2-7(9(14)3-8(6)13)12(20)16(4-10(15)17)5-11(18)19/h2-3H,4-5H2,1H3,(H2,15,17)(H,18,19). The molecule has 0 saturated heterocycles. The summed E-state index contributed by atoms with van der Waals surface area (Å²) in [5.74, 6) is -5.36. The van der Waals surface area contributed by atoms with Crippen molar-refractivity contribution in [1.29, 1.82) is 0 Å². The zero-order chi connectivity index (χ0) is 15.4. The molecular weight excluding hydrogens is 274 g/mol.